The van der Waals surface area contributed by atoms with Gasteiger partial charge in [0.2, 0.25) is 10.0 Å². The molecule has 0 aliphatic carbocycles. The van der Waals surface area contributed by atoms with Crippen molar-refractivity contribution in [1.29, 1.82) is 0 Å². The smallest absolute Gasteiger partial charge is 0.339 e. The second-order valence-corrected chi connectivity index (χ2v) is 5.30. The Kier molecular flexibility index (Phi) is 3.62. The number of methoxy groups -OCH3 is 1. The van der Waals surface area contributed by atoms with Crippen molar-refractivity contribution in [2.75, 3.05) is 18.1 Å². The van der Waals surface area contributed by atoms with Crippen molar-refractivity contribution in [2.24, 2.45) is 0 Å². The van der Waals surface area contributed by atoms with Crippen LogP contribution in [0.2, 0.25) is 0 Å². The Morgan fingerprint density at radius 1 is 1.41 bits per heavy atom. The Hall–Kier alpha value is -1.76. The average Bonchev–Trinajstić information content (AvgIpc) is 2.18. The lowest BCUT2D eigenvalue weighted by molar-refractivity contribution is 0.0693. The molecule has 94 valence electrons. The van der Waals surface area contributed by atoms with E-state index in [1.54, 1.807) is 6.92 Å². The first kappa shape index (κ1) is 13.3. The van der Waals surface area contributed by atoms with E-state index >= 15 is 0 Å². The van der Waals surface area contributed by atoms with Gasteiger partial charge in [-0.15, -0.1) is 0 Å². The standard InChI is InChI=1S/C10H13NO5S/c1-6-4-9(16-2)7(10(12)13)5-8(6)11-17(3,14)15/h4-5,11H,1-3H3,(H,12,13). The summed E-state index contributed by atoms with van der Waals surface area (Å²) in [5, 5.41) is 8.95. The summed E-state index contributed by atoms with van der Waals surface area (Å²) in [7, 11) is -2.09. The molecular weight excluding hydrogens is 246 g/mol. The minimum absolute atomic E-state index is 0.0933. The number of nitrogens with one attached hydrogen (secondary N) is 1. The summed E-state index contributed by atoms with van der Waals surface area (Å²) >= 11 is 0. The van der Waals surface area contributed by atoms with Crippen LogP contribution in [-0.4, -0.2) is 32.9 Å². The molecule has 2 N–H and O–H groups in total. The van der Waals surface area contributed by atoms with E-state index in [9.17, 15) is 13.2 Å². The van der Waals surface area contributed by atoms with Crippen LogP contribution in [0.25, 0.3) is 0 Å². The average molecular weight is 259 g/mol. The van der Waals surface area contributed by atoms with Gasteiger partial charge in [0.25, 0.3) is 0 Å². The third kappa shape index (κ3) is 3.35. The third-order valence-corrected chi connectivity index (χ3v) is 2.66. The number of ether oxygens (including phenoxy) is 1. The van der Waals surface area contributed by atoms with Gasteiger partial charge in [0.15, 0.2) is 0 Å². The number of carbonyl (C=O) groups is 1. The topological polar surface area (TPSA) is 92.7 Å². The van der Waals surface area contributed by atoms with Gasteiger partial charge in [-0.25, -0.2) is 13.2 Å². The van der Waals surface area contributed by atoms with E-state index in [1.165, 1.54) is 19.2 Å². The first-order valence-corrected chi connectivity index (χ1v) is 6.53. The zero-order valence-corrected chi connectivity index (χ0v) is 10.5. The molecule has 0 saturated heterocycles. The molecule has 0 saturated carbocycles. The van der Waals surface area contributed by atoms with Crippen LogP contribution in [0, 0.1) is 6.92 Å². The maximum absolute atomic E-state index is 11.1. The minimum Gasteiger partial charge on any atom is -0.496 e. The molecule has 7 heteroatoms. The fourth-order valence-corrected chi connectivity index (χ4v) is 1.95. The van der Waals surface area contributed by atoms with E-state index < -0.39 is 16.0 Å². The summed E-state index contributed by atoms with van der Waals surface area (Å²) in [5.41, 5.74) is 0.715. The predicted octanol–water partition coefficient (Wildman–Crippen LogP) is 1.07. The molecule has 0 amide bonds. The van der Waals surface area contributed by atoms with Gasteiger partial charge >= 0.3 is 5.97 Å². The molecule has 0 aromatic heterocycles. The summed E-state index contributed by atoms with van der Waals surface area (Å²) in [6.45, 7) is 1.65. The molecule has 0 atom stereocenters. The van der Waals surface area contributed by atoms with Crippen LogP contribution in [0.5, 0.6) is 5.75 Å². The molecule has 0 bridgehead atoms. The van der Waals surface area contributed by atoms with Crippen molar-refractivity contribution >= 4 is 21.7 Å². The Morgan fingerprint density at radius 2 is 2.00 bits per heavy atom. The molecule has 1 rings (SSSR count). The molecule has 0 radical (unpaired) electrons. The van der Waals surface area contributed by atoms with Gasteiger partial charge in [0.1, 0.15) is 11.3 Å². The number of sulfonamides is 1. The highest BCUT2D eigenvalue weighted by Gasteiger charge is 2.15. The van der Waals surface area contributed by atoms with Crippen LogP contribution in [0.1, 0.15) is 15.9 Å². The number of carboxylic acids is 1. The SMILES string of the molecule is COc1cc(C)c(NS(C)(=O)=O)cc1C(=O)O. The van der Waals surface area contributed by atoms with Crippen LogP contribution in [-0.2, 0) is 10.0 Å². The number of hydrogen-bond acceptors (Lipinski definition) is 4. The highest BCUT2D eigenvalue weighted by molar-refractivity contribution is 7.92. The zero-order valence-electron chi connectivity index (χ0n) is 9.64. The molecule has 1 aromatic carbocycles. The van der Waals surface area contributed by atoms with Crippen LogP contribution in [0.4, 0.5) is 5.69 Å². The lowest BCUT2D eigenvalue weighted by Gasteiger charge is -2.12. The van der Waals surface area contributed by atoms with Crippen LogP contribution < -0.4 is 9.46 Å². The lowest BCUT2D eigenvalue weighted by Crippen LogP contribution is -2.12. The van der Waals surface area contributed by atoms with E-state index in [0.29, 0.717) is 5.56 Å². The van der Waals surface area contributed by atoms with Gasteiger partial charge in [0.05, 0.1) is 19.1 Å². The molecule has 1 aromatic rings. The number of aryl methyl sites for hydroxylation is 1. The number of benzene rings is 1. The summed E-state index contributed by atoms with van der Waals surface area (Å²) < 4.78 is 29.4. The third-order valence-electron chi connectivity index (χ3n) is 2.07. The van der Waals surface area contributed by atoms with Crippen molar-refractivity contribution in [2.45, 2.75) is 6.92 Å². The Morgan fingerprint density at radius 3 is 2.41 bits per heavy atom. The highest BCUT2D eigenvalue weighted by Crippen LogP contribution is 2.27. The van der Waals surface area contributed by atoms with Crippen LogP contribution >= 0.6 is 0 Å². The maximum atomic E-state index is 11.1. The number of anilines is 1. The van der Waals surface area contributed by atoms with Crippen molar-refractivity contribution in [1.82, 2.24) is 0 Å². The molecular formula is C10H13NO5S. The molecule has 0 unspecified atom stereocenters. The van der Waals surface area contributed by atoms with Crippen molar-refractivity contribution in [3.05, 3.63) is 23.3 Å². The highest BCUT2D eigenvalue weighted by atomic mass is 32.2. The fraction of sp³-hybridized carbons (Fsp3) is 0.300. The Labute approximate surface area is 99.3 Å². The van der Waals surface area contributed by atoms with Crippen LogP contribution in [0.15, 0.2) is 12.1 Å². The van der Waals surface area contributed by atoms with Gasteiger partial charge in [-0.05, 0) is 24.6 Å². The summed E-state index contributed by atoms with van der Waals surface area (Å²) in [4.78, 5) is 11.0. The van der Waals surface area contributed by atoms with E-state index in [2.05, 4.69) is 4.72 Å². The van der Waals surface area contributed by atoms with E-state index in [0.717, 1.165) is 6.26 Å². The monoisotopic (exact) mass is 259 g/mol. The molecule has 6 nitrogen and oxygen atoms in total. The first-order chi connectivity index (χ1) is 7.74. The van der Waals surface area contributed by atoms with E-state index in [4.69, 9.17) is 9.84 Å². The maximum Gasteiger partial charge on any atom is 0.339 e. The summed E-state index contributed by atoms with van der Waals surface area (Å²) in [6.07, 6.45) is 0.997. The second kappa shape index (κ2) is 4.62. The lowest BCUT2D eigenvalue weighted by atomic mass is 10.1. The quantitative estimate of drug-likeness (QED) is 0.843. The van der Waals surface area contributed by atoms with Crippen molar-refractivity contribution in [3.63, 3.8) is 0 Å². The summed E-state index contributed by atoms with van der Waals surface area (Å²) in [6, 6.07) is 2.70. The van der Waals surface area contributed by atoms with Gasteiger partial charge in [-0.3, -0.25) is 4.72 Å². The minimum atomic E-state index is -3.45. The number of rotatable bonds is 4. The molecule has 0 aliphatic rings. The van der Waals surface area contributed by atoms with E-state index in [1.807, 2.05) is 0 Å². The normalized spacial score (nSPS) is 11.0. The zero-order chi connectivity index (χ0) is 13.2. The summed E-state index contributed by atoms with van der Waals surface area (Å²) in [5.74, 6) is -0.993. The Balaban J connectivity index is 3.34. The van der Waals surface area contributed by atoms with Crippen molar-refractivity contribution in [3.8, 4) is 5.75 Å². The molecule has 17 heavy (non-hydrogen) atoms. The molecule has 0 spiro atoms. The molecule has 0 fully saturated rings. The predicted molar refractivity (Wildman–Crippen MR) is 63.2 cm³/mol. The second-order valence-electron chi connectivity index (χ2n) is 3.55. The number of aromatic carboxylic acids is 1. The van der Waals surface area contributed by atoms with Crippen LogP contribution in [0.3, 0.4) is 0 Å². The first-order valence-electron chi connectivity index (χ1n) is 4.64. The Bertz CT molecular complexity index is 550. The largest absolute Gasteiger partial charge is 0.496 e. The van der Waals surface area contributed by atoms with Gasteiger partial charge in [0, 0.05) is 0 Å². The fourth-order valence-electron chi connectivity index (χ4n) is 1.33. The molecule has 0 heterocycles. The number of carboxylic acid groups (broad SMARTS) is 1. The van der Waals surface area contributed by atoms with Gasteiger partial charge < -0.3 is 9.84 Å². The van der Waals surface area contributed by atoms with Gasteiger partial charge in [-0.1, -0.05) is 0 Å². The molecule has 0 aliphatic heterocycles. The van der Waals surface area contributed by atoms with Gasteiger partial charge in [-0.2, -0.15) is 0 Å². The van der Waals surface area contributed by atoms with Crippen molar-refractivity contribution < 1.29 is 23.1 Å². The van der Waals surface area contributed by atoms with E-state index in [-0.39, 0.29) is 17.0 Å². The number of hydrogen-bond donors (Lipinski definition) is 2.